The second-order valence-corrected chi connectivity index (χ2v) is 9.51. The topological polar surface area (TPSA) is 73.3 Å². The lowest BCUT2D eigenvalue weighted by molar-refractivity contribution is -0.118. The highest BCUT2D eigenvalue weighted by Crippen LogP contribution is 2.40. The van der Waals surface area contributed by atoms with Crippen LogP contribution in [-0.4, -0.2) is 28.4 Å². The predicted molar refractivity (Wildman–Crippen MR) is 114 cm³/mol. The molecule has 0 radical (unpaired) electrons. The van der Waals surface area contributed by atoms with Crippen molar-refractivity contribution in [3.63, 3.8) is 0 Å². The van der Waals surface area contributed by atoms with Crippen LogP contribution in [-0.2, 0) is 24.2 Å². The largest absolute Gasteiger partial charge is 0.454 e. The summed E-state index contributed by atoms with van der Waals surface area (Å²) >= 11 is 3.27. The van der Waals surface area contributed by atoms with E-state index >= 15 is 0 Å². The number of benzene rings is 1. The van der Waals surface area contributed by atoms with E-state index < -0.39 is 0 Å². The van der Waals surface area contributed by atoms with Crippen LogP contribution in [0.3, 0.4) is 0 Å². The number of nitrogens with one attached hydrogen (secondary N) is 1. The zero-order chi connectivity index (χ0) is 19.8. The molecular weight excluding hydrogens is 406 g/mol. The van der Waals surface area contributed by atoms with Crippen LogP contribution in [0.15, 0.2) is 29.6 Å². The molecule has 0 saturated carbocycles. The van der Waals surface area contributed by atoms with Crippen LogP contribution in [0.25, 0.3) is 10.2 Å². The number of hydrogen-bond acceptors (Lipinski definition) is 7. The van der Waals surface area contributed by atoms with Crippen LogP contribution in [0, 0.1) is 5.92 Å². The first-order valence-corrected chi connectivity index (χ1v) is 11.5. The summed E-state index contributed by atoms with van der Waals surface area (Å²) in [5.74, 6) is 2.51. The van der Waals surface area contributed by atoms with E-state index in [1.165, 1.54) is 28.6 Å². The van der Waals surface area contributed by atoms with Crippen LogP contribution >= 0.6 is 23.1 Å². The molecule has 3 heterocycles. The SMILES string of the molecule is C[C@@H]1CCc2c(sc3ncnc(SCC(=O)NCc4ccc5c(c4)OCO5)c23)C1. The van der Waals surface area contributed by atoms with Gasteiger partial charge in [-0.05, 0) is 48.4 Å². The molecule has 2 aromatic heterocycles. The molecule has 150 valence electrons. The lowest BCUT2D eigenvalue weighted by Crippen LogP contribution is -2.24. The third kappa shape index (κ3) is 3.79. The highest BCUT2D eigenvalue weighted by molar-refractivity contribution is 8.00. The Labute approximate surface area is 177 Å². The number of hydrogen-bond donors (Lipinski definition) is 1. The second kappa shape index (κ2) is 7.84. The van der Waals surface area contributed by atoms with Crippen molar-refractivity contribution in [1.82, 2.24) is 15.3 Å². The normalized spacial score (nSPS) is 17.3. The third-order valence-electron chi connectivity index (χ3n) is 5.32. The first-order chi connectivity index (χ1) is 14.2. The lowest BCUT2D eigenvalue weighted by Gasteiger charge is -2.18. The van der Waals surface area contributed by atoms with Crippen molar-refractivity contribution in [2.45, 2.75) is 37.8 Å². The molecule has 1 amide bonds. The van der Waals surface area contributed by atoms with Gasteiger partial charge in [0.2, 0.25) is 12.7 Å². The third-order valence-corrected chi connectivity index (χ3v) is 7.48. The van der Waals surface area contributed by atoms with Crippen molar-refractivity contribution in [3.8, 4) is 11.5 Å². The van der Waals surface area contributed by atoms with Gasteiger partial charge in [-0.3, -0.25) is 4.79 Å². The molecule has 0 saturated heterocycles. The van der Waals surface area contributed by atoms with Crippen LogP contribution in [0.4, 0.5) is 0 Å². The molecule has 0 spiro atoms. The molecule has 2 aliphatic rings. The summed E-state index contributed by atoms with van der Waals surface area (Å²) in [7, 11) is 0. The molecule has 8 heteroatoms. The second-order valence-electron chi connectivity index (χ2n) is 7.46. The standard InChI is InChI=1S/C21H21N3O3S2/c1-12-2-4-14-17(6-12)29-21-19(14)20(23-10-24-21)28-9-18(25)22-8-13-3-5-15-16(7-13)27-11-26-15/h3,5,7,10,12H,2,4,6,8-9,11H2,1H3,(H,22,25)/t12-/m1/s1. The van der Waals surface area contributed by atoms with E-state index in [1.807, 2.05) is 18.2 Å². The molecule has 29 heavy (non-hydrogen) atoms. The number of thioether (sulfide) groups is 1. The van der Waals surface area contributed by atoms with Gasteiger partial charge in [0.15, 0.2) is 11.5 Å². The molecule has 3 aromatic rings. The maximum absolute atomic E-state index is 12.4. The Bertz CT molecular complexity index is 1080. The van der Waals surface area contributed by atoms with Crippen molar-refractivity contribution in [1.29, 1.82) is 0 Å². The maximum atomic E-state index is 12.4. The Morgan fingerprint density at radius 1 is 1.31 bits per heavy atom. The number of amides is 1. The number of carbonyl (C=O) groups excluding carboxylic acids is 1. The molecule has 0 bridgehead atoms. The summed E-state index contributed by atoms with van der Waals surface area (Å²) < 4.78 is 10.7. The van der Waals surface area contributed by atoms with E-state index in [0.717, 1.165) is 51.1 Å². The summed E-state index contributed by atoms with van der Waals surface area (Å²) in [6, 6.07) is 5.71. The minimum atomic E-state index is -0.0165. The molecular formula is C21H21N3O3S2. The molecule has 1 aromatic carbocycles. The zero-order valence-electron chi connectivity index (χ0n) is 16.1. The molecule has 5 rings (SSSR count). The molecule has 1 aliphatic carbocycles. The van der Waals surface area contributed by atoms with Gasteiger partial charge in [0, 0.05) is 16.8 Å². The van der Waals surface area contributed by atoms with E-state index in [0.29, 0.717) is 12.3 Å². The number of ether oxygens (including phenoxy) is 2. The average molecular weight is 428 g/mol. The van der Waals surface area contributed by atoms with Crippen molar-refractivity contribution in [3.05, 3.63) is 40.5 Å². The van der Waals surface area contributed by atoms with Gasteiger partial charge in [0.05, 0.1) is 5.75 Å². The number of thiophene rings is 1. The Hall–Kier alpha value is -2.32. The monoisotopic (exact) mass is 427 g/mol. The first kappa shape index (κ1) is 18.7. The van der Waals surface area contributed by atoms with Crippen LogP contribution in [0.5, 0.6) is 11.5 Å². The fourth-order valence-corrected chi connectivity index (χ4v) is 6.06. The molecule has 1 N–H and O–H groups in total. The van der Waals surface area contributed by atoms with Crippen molar-refractivity contribution in [2.24, 2.45) is 5.92 Å². The minimum Gasteiger partial charge on any atom is -0.454 e. The highest BCUT2D eigenvalue weighted by Gasteiger charge is 2.23. The number of carbonyl (C=O) groups is 1. The Morgan fingerprint density at radius 3 is 3.14 bits per heavy atom. The van der Waals surface area contributed by atoms with Crippen molar-refractivity contribution < 1.29 is 14.3 Å². The van der Waals surface area contributed by atoms with E-state index in [-0.39, 0.29) is 12.7 Å². The summed E-state index contributed by atoms with van der Waals surface area (Å²) in [6.45, 7) is 3.01. The molecule has 1 aliphatic heterocycles. The summed E-state index contributed by atoms with van der Waals surface area (Å²) in [5, 5.41) is 5.05. The van der Waals surface area contributed by atoms with Crippen LogP contribution < -0.4 is 14.8 Å². The summed E-state index contributed by atoms with van der Waals surface area (Å²) in [4.78, 5) is 23.8. The van der Waals surface area contributed by atoms with Crippen molar-refractivity contribution >= 4 is 39.2 Å². The molecule has 0 unspecified atom stereocenters. The van der Waals surface area contributed by atoms with Gasteiger partial charge in [-0.2, -0.15) is 0 Å². The first-order valence-electron chi connectivity index (χ1n) is 9.70. The number of aromatic nitrogens is 2. The highest BCUT2D eigenvalue weighted by atomic mass is 32.2. The minimum absolute atomic E-state index is 0.0165. The Balaban J connectivity index is 1.24. The zero-order valence-corrected chi connectivity index (χ0v) is 17.7. The smallest absolute Gasteiger partial charge is 0.231 e. The maximum Gasteiger partial charge on any atom is 0.231 e. The molecule has 0 fully saturated rings. The van der Waals surface area contributed by atoms with E-state index in [2.05, 4.69) is 22.2 Å². The van der Waals surface area contributed by atoms with Gasteiger partial charge in [-0.25, -0.2) is 9.97 Å². The quantitative estimate of drug-likeness (QED) is 0.491. The fraction of sp³-hybridized carbons (Fsp3) is 0.381. The van der Waals surface area contributed by atoms with Gasteiger partial charge in [-0.1, -0.05) is 24.8 Å². The number of rotatable bonds is 5. The number of nitrogens with zero attached hydrogens (tertiary/aromatic N) is 2. The van der Waals surface area contributed by atoms with Gasteiger partial charge in [0.25, 0.3) is 0 Å². The Kier molecular flexibility index (Phi) is 5.05. The number of aryl methyl sites for hydroxylation is 1. The Morgan fingerprint density at radius 2 is 2.21 bits per heavy atom. The fourth-order valence-electron chi connectivity index (χ4n) is 3.79. The summed E-state index contributed by atoms with van der Waals surface area (Å²) in [6.07, 6.45) is 5.01. The van der Waals surface area contributed by atoms with Gasteiger partial charge >= 0.3 is 0 Å². The summed E-state index contributed by atoms with van der Waals surface area (Å²) in [5.41, 5.74) is 2.38. The molecule has 6 nitrogen and oxygen atoms in total. The van der Waals surface area contributed by atoms with Crippen LogP contribution in [0.1, 0.15) is 29.3 Å². The van der Waals surface area contributed by atoms with Gasteiger partial charge < -0.3 is 14.8 Å². The van der Waals surface area contributed by atoms with Gasteiger partial charge in [-0.15, -0.1) is 11.3 Å². The average Bonchev–Trinajstić information content (AvgIpc) is 3.34. The van der Waals surface area contributed by atoms with Gasteiger partial charge in [0.1, 0.15) is 16.2 Å². The molecule has 1 atom stereocenters. The van der Waals surface area contributed by atoms with E-state index in [1.54, 1.807) is 17.7 Å². The number of fused-ring (bicyclic) bond motifs is 4. The van der Waals surface area contributed by atoms with Crippen molar-refractivity contribution in [2.75, 3.05) is 12.5 Å². The predicted octanol–water partition coefficient (Wildman–Crippen LogP) is 3.95. The van der Waals surface area contributed by atoms with E-state index in [9.17, 15) is 4.79 Å². The lowest BCUT2D eigenvalue weighted by atomic mass is 9.89. The van der Waals surface area contributed by atoms with E-state index in [4.69, 9.17) is 9.47 Å². The van der Waals surface area contributed by atoms with Crippen LogP contribution in [0.2, 0.25) is 0 Å².